The Morgan fingerprint density at radius 3 is 2.74 bits per heavy atom. The molecule has 0 fully saturated rings. The van der Waals surface area contributed by atoms with Gasteiger partial charge in [0, 0.05) is 18.7 Å². The summed E-state index contributed by atoms with van der Waals surface area (Å²) in [6.45, 7) is 4.56. The number of benzene rings is 2. The topological polar surface area (TPSA) is 66.9 Å². The largest absolute Gasteiger partial charge is 0.352 e. The Kier molecular flexibility index (Phi) is 5.98. The number of rotatable bonds is 7. The molecule has 0 saturated carbocycles. The van der Waals surface area contributed by atoms with Gasteiger partial charge in [-0.05, 0) is 48.8 Å². The first-order valence-electron chi connectivity index (χ1n) is 8.80. The number of aromatic nitrogens is 2. The first kappa shape index (κ1) is 18.8. The summed E-state index contributed by atoms with van der Waals surface area (Å²) in [7, 11) is 0. The molecule has 3 aromatic rings. The molecule has 0 aliphatic carbocycles. The summed E-state index contributed by atoms with van der Waals surface area (Å²) in [6.07, 6.45) is 3.39. The lowest BCUT2D eigenvalue weighted by molar-refractivity contribution is 0.0953. The van der Waals surface area contributed by atoms with Crippen molar-refractivity contribution in [1.82, 2.24) is 14.9 Å². The predicted molar refractivity (Wildman–Crippen MR) is 111 cm³/mol. The number of H-pyrrole nitrogens is 1. The SMILES string of the molecule is C=CCn1c(=S)[nH]c2cc(C(=O)NCCCc3ccccc3)ccc2c1=O. The monoisotopic (exact) mass is 379 g/mol. The Bertz CT molecular complexity index is 1080. The average Bonchev–Trinajstić information content (AvgIpc) is 2.68. The Hall–Kier alpha value is -2.99. The number of carbonyl (C=O) groups excluding carboxylic acids is 1. The third-order valence-corrected chi connectivity index (χ3v) is 4.65. The fourth-order valence-electron chi connectivity index (χ4n) is 2.93. The maximum atomic E-state index is 12.5. The number of aryl methyl sites for hydroxylation is 1. The van der Waals surface area contributed by atoms with Gasteiger partial charge in [-0.1, -0.05) is 36.4 Å². The molecule has 0 unspecified atom stereocenters. The van der Waals surface area contributed by atoms with E-state index >= 15 is 0 Å². The van der Waals surface area contributed by atoms with Gasteiger partial charge in [0.1, 0.15) is 0 Å². The van der Waals surface area contributed by atoms with Gasteiger partial charge in [0.05, 0.1) is 10.9 Å². The maximum Gasteiger partial charge on any atom is 0.262 e. The molecule has 0 spiro atoms. The molecule has 0 bridgehead atoms. The van der Waals surface area contributed by atoms with E-state index in [0.29, 0.717) is 34.3 Å². The van der Waals surface area contributed by atoms with E-state index in [0.717, 1.165) is 12.8 Å². The van der Waals surface area contributed by atoms with Gasteiger partial charge in [-0.15, -0.1) is 6.58 Å². The van der Waals surface area contributed by atoms with Gasteiger partial charge in [-0.2, -0.15) is 0 Å². The van der Waals surface area contributed by atoms with Gasteiger partial charge < -0.3 is 10.3 Å². The molecule has 0 aliphatic heterocycles. The minimum Gasteiger partial charge on any atom is -0.352 e. The second-order valence-corrected chi connectivity index (χ2v) is 6.63. The molecule has 0 aliphatic rings. The van der Waals surface area contributed by atoms with Crippen molar-refractivity contribution in [3.8, 4) is 0 Å². The Morgan fingerprint density at radius 2 is 2.00 bits per heavy atom. The van der Waals surface area contributed by atoms with E-state index in [1.165, 1.54) is 10.1 Å². The summed E-state index contributed by atoms with van der Waals surface area (Å²) >= 11 is 5.23. The lowest BCUT2D eigenvalue weighted by Gasteiger charge is -2.08. The second kappa shape index (κ2) is 8.60. The van der Waals surface area contributed by atoms with Crippen LogP contribution in [0.15, 0.2) is 66.0 Å². The van der Waals surface area contributed by atoms with Crippen LogP contribution in [-0.4, -0.2) is 22.0 Å². The highest BCUT2D eigenvalue weighted by atomic mass is 32.1. The van der Waals surface area contributed by atoms with Crippen molar-refractivity contribution in [3.05, 3.63) is 87.4 Å². The van der Waals surface area contributed by atoms with Crippen LogP contribution in [0.5, 0.6) is 0 Å². The third-order valence-electron chi connectivity index (χ3n) is 4.33. The van der Waals surface area contributed by atoms with Gasteiger partial charge in [-0.3, -0.25) is 14.2 Å². The zero-order valence-corrected chi connectivity index (χ0v) is 15.7. The highest BCUT2D eigenvalue weighted by Gasteiger charge is 2.09. The van der Waals surface area contributed by atoms with Crippen LogP contribution < -0.4 is 10.9 Å². The van der Waals surface area contributed by atoms with Gasteiger partial charge in [0.2, 0.25) is 0 Å². The first-order valence-corrected chi connectivity index (χ1v) is 9.21. The van der Waals surface area contributed by atoms with E-state index in [4.69, 9.17) is 12.2 Å². The van der Waals surface area contributed by atoms with E-state index < -0.39 is 0 Å². The summed E-state index contributed by atoms with van der Waals surface area (Å²) < 4.78 is 1.75. The average molecular weight is 379 g/mol. The molecule has 138 valence electrons. The number of hydrogen-bond acceptors (Lipinski definition) is 3. The molecule has 3 rings (SSSR count). The molecular formula is C21H21N3O2S. The zero-order valence-electron chi connectivity index (χ0n) is 14.9. The van der Waals surface area contributed by atoms with Crippen molar-refractivity contribution in [2.75, 3.05) is 6.54 Å². The molecule has 0 atom stereocenters. The summed E-state index contributed by atoms with van der Waals surface area (Å²) in [6, 6.07) is 15.1. The van der Waals surface area contributed by atoms with Crippen LogP contribution in [-0.2, 0) is 13.0 Å². The summed E-state index contributed by atoms with van der Waals surface area (Å²) in [5.41, 5.74) is 2.11. The van der Waals surface area contributed by atoms with Gasteiger partial charge in [-0.25, -0.2) is 0 Å². The van der Waals surface area contributed by atoms with Crippen LogP contribution >= 0.6 is 12.2 Å². The van der Waals surface area contributed by atoms with E-state index in [1.807, 2.05) is 18.2 Å². The zero-order chi connectivity index (χ0) is 19.2. The molecule has 1 heterocycles. The molecule has 2 N–H and O–H groups in total. The smallest absolute Gasteiger partial charge is 0.262 e. The van der Waals surface area contributed by atoms with Crippen molar-refractivity contribution >= 4 is 29.0 Å². The molecule has 0 saturated heterocycles. The van der Waals surface area contributed by atoms with Crippen LogP contribution in [0.1, 0.15) is 22.3 Å². The highest BCUT2D eigenvalue weighted by Crippen LogP contribution is 2.11. The minimum atomic E-state index is -0.191. The molecule has 5 nitrogen and oxygen atoms in total. The lowest BCUT2D eigenvalue weighted by Crippen LogP contribution is -2.25. The number of aromatic amines is 1. The minimum absolute atomic E-state index is 0.167. The summed E-state index contributed by atoms with van der Waals surface area (Å²) in [5, 5.41) is 3.41. The van der Waals surface area contributed by atoms with Crippen LogP contribution in [0.25, 0.3) is 10.9 Å². The van der Waals surface area contributed by atoms with Crippen molar-refractivity contribution in [2.45, 2.75) is 19.4 Å². The van der Waals surface area contributed by atoms with E-state index in [1.54, 1.807) is 24.3 Å². The van der Waals surface area contributed by atoms with Crippen LogP contribution in [0, 0.1) is 4.77 Å². The Labute approximate surface area is 162 Å². The second-order valence-electron chi connectivity index (χ2n) is 6.24. The summed E-state index contributed by atoms with van der Waals surface area (Å²) in [5.74, 6) is -0.167. The number of nitrogens with zero attached hydrogens (tertiary/aromatic N) is 1. The number of amides is 1. The fraction of sp³-hybridized carbons (Fsp3) is 0.190. The lowest BCUT2D eigenvalue weighted by atomic mass is 10.1. The quantitative estimate of drug-likeness (QED) is 0.374. The standard InChI is InChI=1S/C21H21N3O2S/c1-2-13-24-20(26)17-11-10-16(14-18(17)23-21(24)27)19(25)22-12-6-9-15-7-4-3-5-8-15/h2-5,7-8,10-11,14H,1,6,9,12-13H2,(H,22,25)(H,23,27). The van der Waals surface area contributed by atoms with Crippen molar-refractivity contribution < 1.29 is 4.79 Å². The predicted octanol–water partition coefficient (Wildman–Crippen LogP) is 3.61. The molecule has 6 heteroatoms. The van der Waals surface area contributed by atoms with Crippen LogP contribution in [0.3, 0.4) is 0 Å². The van der Waals surface area contributed by atoms with Crippen LogP contribution in [0.2, 0.25) is 0 Å². The molecule has 0 radical (unpaired) electrons. The summed E-state index contributed by atoms with van der Waals surface area (Å²) in [4.78, 5) is 27.9. The molecule has 27 heavy (non-hydrogen) atoms. The number of nitrogens with one attached hydrogen (secondary N) is 2. The normalized spacial score (nSPS) is 10.7. The van der Waals surface area contributed by atoms with Crippen LogP contribution in [0.4, 0.5) is 0 Å². The number of carbonyl (C=O) groups is 1. The van der Waals surface area contributed by atoms with E-state index in [2.05, 4.69) is 29.0 Å². The molecular weight excluding hydrogens is 358 g/mol. The number of allylic oxidation sites excluding steroid dienone is 1. The van der Waals surface area contributed by atoms with Crippen molar-refractivity contribution in [1.29, 1.82) is 0 Å². The third kappa shape index (κ3) is 4.41. The molecule has 1 amide bonds. The van der Waals surface area contributed by atoms with E-state index in [-0.39, 0.29) is 11.5 Å². The fourth-order valence-corrected chi connectivity index (χ4v) is 3.20. The number of fused-ring (bicyclic) bond motifs is 1. The van der Waals surface area contributed by atoms with Crippen molar-refractivity contribution in [2.24, 2.45) is 0 Å². The first-order chi connectivity index (χ1) is 13.1. The van der Waals surface area contributed by atoms with Gasteiger partial charge in [0.25, 0.3) is 11.5 Å². The van der Waals surface area contributed by atoms with Crippen molar-refractivity contribution in [3.63, 3.8) is 0 Å². The van der Waals surface area contributed by atoms with E-state index in [9.17, 15) is 9.59 Å². The molecule has 1 aromatic heterocycles. The Balaban J connectivity index is 1.70. The number of hydrogen-bond donors (Lipinski definition) is 2. The highest BCUT2D eigenvalue weighted by molar-refractivity contribution is 7.71. The van der Waals surface area contributed by atoms with Gasteiger partial charge >= 0.3 is 0 Å². The van der Waals surface area contributed by atoms with Gasteiger partial charge in [0.15, 0.2) is 4.77 Å². The Morgan fingerprint density at radius 1 is 1.22 bits per heavy atom. The molecule has 2 aromatic carbocycles. The maximum absolute atomic E-state index is 12.5.